The fraction of sp³-hybridized carbons (Fsp3) is 0.417. The van der Waals surface area contributed by atoms with Crippen LogP contribution < -0.4 is 4.72 Å². The molecule has 1 saturated heterocycles. The van der Waals surface area contributed by atoms with E-state index >= 15 is 0 Å². The molecule has 0 aliphatic carbocycles. The number of sulfone groups is 1. The van der Waals surface area contributed by atoms with Gasteiger partial charge in [0.25, 0.3) is 0 Å². The Labute approximate surface area is 123 Å². The van der Waals surface area contributed by atoms with Gasteiger partial charge in [0.1, 0.15) is 0 Å². The fourth-order valence-corrected chi connectivity index (χ4v) is 5.35. The van der Waals surface area contributed by atoms with Crippen LogP contribution in [0.4, 0.5) is 0 Å². The van der Waals surface area contributed by atoms with E-state index in [4.69, 9.17) is 5.11 Å². The molecule has 1 aromatic rings. The van der Waals surface area contributed by atoms with Crippen molar-refractivity contribution in [1.82, 2.24) is 4.72 Å². The van der Waals surface area contributed by atoms with E-state index < -0.39 is 31.9 Å². The van der Waals surface area contributed by atoms with Crippen molar-refractivity contribution in [1.29, 1.82) is 0 Å². The molecule has 1 aliphatic rings. The Morgan fingerprint density at radius 1 is 1.29 bits per heavy atom. The lowest BCUT2D eigenvalue weighted by atomic mass is 10.1. The van der Waals surface area contributed by atoms with Crippen molar-refractivity contribution in [3.8, 4) is 0 Å². The summed E-state index contributed by atoms with van der Waals surface area (Å²) in [5.41, 5.74) is 0.513. The van der Waals surface area contributed by atoms with E-state index in [-0.39, 0.29) is 29.2 Å². The van der Waals surface area contributed by atoms with E-state index in [9.17, 15) is 21.6 Å². The first-order valence-electron chi connectivity index (χ1n) is 6.19. The Hall–Kier alpha value is -1.45. The zero-order valence-corrected chi connectivity index (χ0v) is 12.7. The first kappa shape index (κ1) is 15.9. The number of nitrogens with one attached hydrogen (secondary N) is 1. The van der Waals surface area contributed by atoms with Gasteiger partial charge in [-0.25, -0.2) is 26.4 Å². The van der Waals surface area contributed by atoms with E-state index in [1.165, 1.54) is 24.3 Å². The monoisotopic (exact) mass is 333 g/mol. The topological polar surface area (TPSA) is 118 Å². The van der Waals surface area contributed by atoms with Crippen molar-refractivity contribution >= 4 is 25.8 Å². The summed E-state index contributed by atoms with van der Waals surface area (Å²) >= 11 is 0. The first-order chi connectivity index (χ1) is 9.67. The number of hydrogen-bond donors (Lipinski definition) is 2. The molecule has 116 valence electrons. The number of carbonyl (C=O) groups is 1. The molecule has 1 fully saturated rings. The van der Waals surface area contributed by atoms with E-state index in [1.54, 1.807) is 0 Å². The molecule has 0 bridgehead atoms. The number of hydrogen-bond acceptors (Lipinski definition) is 5. The molecule has 21 heavy (non-hydrogen) atoms. The third-order valence-corrected chi connectivity index (χ3v) is 6.31. The van der Waals surface area contributed by atoms with Crippen LogP contribution in [-0.2, 0) is 25.6 Å². The molecule has 0 amide bonds. The number of sulfonamides is 1. The summed E-state index contributed by atoms with van der Waals surface area (Å²) in [5, 5.41) is 8.76. The van der Waals surface area contributed by atoms with Gasteiger partial charge in [-0.2, -0.15) is 0 Å². The molecule has 1 heterocycles. The average Bonchev–Trinajstić information content (AvgIpc) is 2.67. The Balaban J connectivity index is 2.02. The maximum absolute atomic E-state index is 12.0. The first-order valence-corrected chi connectivity index (χ1v) is 9.67. The highest BCUT2D eigenvalue weighted by Gasteiger charge is 2.30. The van der Waals surface area contributed by atoms with Crippen molar-refractivity contribution in [3.05, 3.63) is 35.4 Å². The second-order valence-electron chi connectivity index (χ2n) is 4.98. The minimum absolute atomic E-state index is 0.00645. The standard InChI is InChI=1S/C12H15NO6S2/c14-12(15)10-3-1-9(2-4-10)7-21(18,19)13-11-5-6-20(16,17)8-11/h1-4,11,13H,5-8H2,(H,14,15). The molecule has 2 rings (SSSR count). The molecule has 9 heteroatoms. The predicted molar refractivity (Wildman–Crippen MR) is 76.2 cm³/mol. The Kier molecular flexibility index (Phi) is 4.35. The van der Waals surface area contributed by atoms with Gasteiger partial charge in [0.2, 0.25) is 10.0 Å². The van der Waals surface area contributed by atoms with Crippen LogP contribution in [0.15, 0.2) is 24.3 Å². The van der Waals surface area contributed by atoms with Gasteiger partial charge in [0.05, 0.1) is 22.8 Å². The van der Waals surface area contributed by atoms with Crippen molar-refractivity contribution in [3.63, 3.8) is 0 Å². The molecule has 0 radical (unpaired) electrons. The summed E-state index contributed by atoms with van der Waals surface area (Å²) in [6.45, 7) is 0. The number of rotatable bonds is 5. The summed E-state index contributed by atoms with van der Waals surface area (Å²) in [6, 6.07) is 4.92. The molecular weight excluding hydrogens is 318 g/mol. The number of carboxylic acids is 1. The van der Waals surface area contributed by atoms with Crippen molar-refractivity contribution in [2.75, 3.05) is 11.5 Å². The van der Waals surface area contributed by atoms with Crippen LogP contribution in [0.3, 0.4) is 0 Å². The van der Waals surface area contributed by atoms with Gasteiger partial charge in [0, 0.05) is 6.04 Å². The van der Waals surface area contributed by atoms with Crippen LogP contribution in [-0.4, -0.2) is 45.5 Å². The molecule has 0 aromatic heterocycles. The lowest BCUT2D eigenvalue weighted by Crippen LogP contribution is -2.36. The molecule has 1 atom stereocenters. The van der Waals surface area contributed by atoms with Gasteiger partial charge in [0.15, 0.2) is 9.84 Å². The van der Waals surface area contributed by atoms with Crippen molar-refractivity contribution in [2.24, 2.45) is 0 Å². The molecule has 2 N–H and O–H groups in total. The molecule has 1 aliphatic heterocycles. The Bertz CT molecular complexity index is 736. The fourth-order valence-electron chi connectivity index (χ4n) is 2.15. The summed E-state index contributed by atoms with van der Waals surface area (Å²) < 4.78 is 48.9. The number of benzene rings is 1. The maximum Gasteiger partial charge on any atom is 0.335 e. The SMILES string of the molecule is O=C(O)c1ccc(CS(=O)(=O)NC2CCS(=O)(=O)C2)cc1. The van der Waals surface area contributed by atoms with E-state index in [1.807, 2.05) is 0 Å². The third-order valence-electron chi connectivity index (χ3n) is 3.14. The smallest absolute Gasteiger partial charge is 0.335 e. The second kappa shape index (κ2) is 5.74. The van der Waals surface area contributed by atoms with Crippen LogP contribution in [0.1, 0.15) is 22.3 Å². The van der Waals surface area contributed by atoms with Crippen LogP contribution in [0.25, 0.3) is 0 Å². The summed E-state index contributed by atoms with van der Waals surface area (Å²) in [4.78, 5) is 10.7. The van der Waals surface area contributed by atoms with Gasteiger partial charge in [-0.15, -0.1) is 0 Å². The number of aromatic carboxylic acids is 1. The van der Waals surface area contributed by atoms with Gasteiger partial charge in [-0.1, -0.05) is 12.1 Å². The van der Waals surface area contributed by atoms with Crippen LogP contribution in [0.2, 0.25) is 0 Å². The summed E-state index contributed by atoms with van der Waals surface area (Å²) in [5.74, 6) is -1.58. The van der Waals surface area contributed by atoms with Crippen molar-refractivity contribution < 1.29 is 26.7 Å². The highest BCUT2D eigenvalue weighted by Crippen LogP contribution is 2.14. The van der Waals surface area contributed by atoms with Gasteiger partial charge >= 0.3 is 5.97 Å². The van der Waals surface area contributed by atoms with E-state index in [0.717, 1.165) is 0 Å². The maximum atomic E-state index is 12.0. The molecular formula is C12H15NO6S2. The highest BCUT2D eigenvalue weighted by atomic mass is 32.2. The lowest BCUT2D eigenvalue weighted by molar-refractivity contribution is 0.0697. The summed E-state index contributed by atoms with van der Waals surface area (Å²) in [7, 11) is -6.81. The molecule has 7 nitrogen and oxygen atoms in total. The summed E-state index contributed by atoms with van der Waals surface area (Å²) in [6.07, 6.45) is 0.277. The van der Waals surface area contributed by atoms with E-state index in [2.05, 4.69) is 4.72 Å². The van der Waals surface area contributed by atoms with E-state index in [0.29, 0.717) is 5.56 Å². The normalized spacial score (nSPS) is 21.2. The van der Waals surface area contributed by atoms with Crippen molar-refractivity contribution in [2.45, 2.75) is 18.2 Å². The zero-order valence-electron chi connectivity index (χ0n) is 11.0. The lowest BCUT2D eigenvalue weighted by Gasteiger charge is -2.11. The zero-order chi connectivity index (χ0) is 15.7. The second-order valence-corrected chi connectivity index (χ2v) is 8.96. The molecule has 0 saturated carbocycles. The largest absolute Gasteiger partial charge is 0.478 e. The third kappa shape index (κ3) is 4.51. The van der Waals surface area contributed by atoms with Gasteiger partial charge < -0.3 is 5.11 Å². The van der Waals surface area contributed by atoms with Crippen LogP contribution in [0, 0.1) is 0 Å². The predicted octanol–water partition coefficient (Wildman–Crippen LogP) is -0.00870. The van der Waals surface area contributed by atoms with Gasteiger partial charge in [-0.3, -0.25) is 0 Å². The molecule has 1 unspecified atom stereocenters. The number of carboxylic acid groups (broad SMARTS) is 1. The molecule has 0 spiro atoms. The molecule has 1 aromatic carbocycles. The highest BCUT2D eigenvalue weighted by molar-refractivity contribution is 7.92. The quantitative estimate of drug-likeness (QED) is 0.782. The Morgan fingerprint density at radius 3 is 2.38 bits per heavy atom. The minimum Gasteiger partial charge on any atom is -0.478 e. The van der Waals surface area contributed by atoms with Crippen LogP contribution in [0.5, 0.6) is 0 Å². The average molecular weight is 333 g/mol. The Morgan fingerprint density at radius 2 is 1.90 bits per heavy atom. The van der Waals surface area contributed by atoms with Gasteiger partial charge in [-0.05, 0) is 24.1 Å². The minimum atomic E-state index is -3.66. The van der Waals surface area contributed by atoms with Crippen LogP contribution >= 0.6 is 0 Å².